The molecule has 3 aromatic rings. The van der Waals surface area contributed by atoms with E-state index in [0.717, 1.165) is 24.1 Å². The summed E-state index contributed by atoms with van der Waals surface area (Å²) >= 11 is 0. The Morgan fingerprint density at radius 1 is 1.00 bits per heavy atom. The molecule has 186 valence electrons. The fourth-order valence-electron chi connectivity index (χ4n) is 3.72. The lowest BCUT2D eigenvalue weighted by atomic mass is 9.89. The van der Waals surface area contributed by atoms with Crippen LogP contribution in [0, 0.1) is 11.3 Å². The predicted octanol–water partition coefficient (Wildman–Crippen LogP) is 5.12. The molecule has 2 aromatic heterocycles. The quantitative estimate of drug-likeness (QED) is 0.488. The second-order valence-electron chi connectivity index (χ2n) is 9.72. The van der Waals surface area contributed by atoms with Crippen LogP contribution >= 0.6 is 0 Å². The second kappa shape index (κ2) is 10.6. The first kappa shape index (κ1) is 24.9. The van der Waals surface area contributed by atoms with Crippen LogP contribution in [0.2, 0.25) is 0 Å². The molecular weight excluding hydrogens is 458 g/mol. The monoisotopic (exact) mass is 487 g/mol. The molecule has 1 aliphatic rings. The Labute approximate surface area is 210 Å². The van der Waals surface area contributed by atoms with Crippen LogP contribution in [0.5, 0.6) is 17.2 Å². The summed E-state index contributed by atoms with van der Waals surface area (Å²) in [6, 6.07) is 13.6. The van der Waals surface area contributed by atoms with E-state index in [0.29, 0.717) is 17.2 Å². The predicted molar refractivity (Wildman–Crippen MR) is 132 cm³/mol. The van der Waals surface area contributed by atoms with Gasteiger partial charge in [-0.15, -0.1) is 0 Å². The minimum absolute atomic E-state index is 0.0454. The van der Waals surface area contributed by atoms with Crippen molar-refractivity contribution in [3.8, 4) is 23.3 Å². The summed E-state index contributed by atoms with van der Waals surface area (Å²) in [5.74, 6) is 2.00. The number of amides is 1. The second-order valence-corrected chi connectivity index (χ2v) is 9.72. The van der Waals surface area contributed by atoms with Crippen molar-refractivity contribution < 1.29 is 19.0 Å². The maximum atomic E-state index is 11.9. The van der Waals surface area contributed by atoms with E-state index in [1.807, 2.05) is 63.2 Å². The van der Waals surface area contributed by atoms with Gasteiger partial charge in [-0.05, 0) is 50.6 Å². The van der Waals surface area contributed by atoms with E-state index in [-0.39, 0.29) is 23.9 Å². The Morgan fingerprint density at radius 2 is 1.64 bits per heavy atom. The number of carbonyl (C=O) groups is 1. The number of hydrogen-bond acceptors (Lipinski definition) is 8. The third-order valence-corrected chi connectivity index (χ3v) is 5.67. The molecule has 2 heterocycles. The van der Waals surface area contributed by atoms with Gasteiger partial charge in [-0.25, -0.2) is 14.8 Å². The molecule has 0 bridgehead atoms. The third-order valence-electron chi connectivity index (χ3n) is 5.67. The zero-order valence-corrected chi connectivity index (χ0v) is 20.8. The van der Waals surface area contributed by atoms with Gasteiger partial charge in [0.15, 0.2) is 5.75 Å². The van der Waals surface area contributed by atoms with Crippen molar-refractivity contribution in [3.63, 3.8) is 0 Å². The van der Waals surface area contributed by atoms with Gasteiger partial charge >= 0.3 is 6.09 Å². The molecule has 0 spiro atoms. The number of rotatable bonds is 7. The van der Waals surface area contributed by atoms with E-state index in [9.17, 15) is 4.79 Å². The van der Waals surface area contributed by atoms with Crippen molar-refractivity contribution in [2.24, 2.45) is 0 Å². The Bertz CT molecular complexity index is 1210. The summed E-state index contributed by atoms with van der Waals surface area (Å²) in [7, 11) is 0. The van der Waals surface area contributed by atoms with Gasteiger partial charge in [-0.1, -0.05) is 19.1 Å². The number of benzene rings is 1. The minimum Gasteiger partial charge on any atom is -0.489 e. The molecule has 1 N–H and O–H groups in total. The van der Waals surface area contributed by atoms with Crippen molar-refractivity contribution in [1.82, 2.24) is 20.3 Å². The molecule has 9 nitrogen and oxygen atoms in total. The first-order valence-corrected chi connectivity index (χ1v) is 11.8. The first-order valence-electron chi connectivity index (χ1n) is 11.8. The van der Waals surface area contributed by atoms with Crippen LogP contribution in [0.25, 0.3) is 0 Å². The molecule has 4 rings (SSSR count). The molecule has 1 atom stereocenters. The van der Waals surface area contributed by atoms with Crippen LogP contribution in [0.4, 0.5) is 4.79 Å². The molecule has 1 aromatic carbocycles. The van der Waals surface area contributed by atoms with Gasteiger partial charge in [0, 0.05) is 30.5 Å². The molecule has 1 saturated carbocycles. The standard InChI is InChI=1S/C27H29N5O4/c1-17(18-5-7-20(8-6-18)34-23-15-30-25(13-28)31-16-23)24-10-9-21(14-29-24)35-22-11-19(12-22)32-26(33)36-27(2,3)4/h5-10,14-17,19,22H,11-12H2,1-4H3,(H,32,33)/t17-,19?,22?/m1/s1. The van der Waals surface area contributed by atoms with Gasteiger partial charge in [0.05, 0.1) is 18.6 Å². The lowest BCUT2D eigenvalue weighted by molar-refractivity contribution is 0.0362. The minimum atomic E-state index is -0.508. The average Bonchev–Trinajstić information content (AvgIpc) is 2.82. The molecule has 1 aliphatic carbocycles. The Morgan fingerprint density at radius 3 is 2.22 bits per heavy atom. The van der Waals surface area contributed by atoms with Crippen molar-refractivity contribution >= 4 is 6.09 Å². The van der Waals surface area contributed by atoms with Gasteiger partial charge < -0.3 is 19.5 Å². The average molecular weight is 488 g/mol. The van der Waals surface area contributed by atoms with Gasteiger partial charge in [-0.3, -0.25) is 4.98 Å². The lowest BCUT2D eigenvalue weighted by Crippen LogP contribution is -2.50. The molecule has 1 amide bonds. The molecule has 0 saturated heterocycles. The molecule has 0 unspecified atom stereocenters. The molecule has 0 aliphatic heterocycles. The zero-order valence-electron chi connectivity index (χ0n) is 20.8. The summed E-state index contributed by atoms with van der Waals surface area (Å²) in [6.07, 6.45) is 5.80. The number of pyridine rings is 1. The summed E-state index contributed by atoms with van der Waals surface area (Å²) in [4.78, 5) is 24.3. The summed E-state index contributed by atoms with van der Waals surface area (Å²) < 4.78 is 17.0. The van der Waals surface area contributed by atoms with Crippen LogP contribution in [0.3, 0.4) is 0 Å². The molecule has 36 heavy (non-hydrogen) atoms. The normalized spacial score (nSPS) is 17.8. The van der Waals surface area contributed by atoms with E-state index in [1.54, 1.807) is 6.20 Å². The largest absolute Gasteiger partial charge is 0.489 e. The third kappa shape index (κ3) is 6.69. The Kier molecular flexibility index (Phi) is 7.34. The Balaban J connectivity index is 1.26. The van der Waals surface area contributed by atoms with E-state index >= 15 is 0 Å². The highest BCUT2D eigenvalue weighted by atomic mass is 16.6. The Hall–Kier alpha value is -4.19. The van der Waals surface area contributed by atoms with Crippen LogP contribution in [-0.2, 0) is 4.74 Å². The highest BCUT2D eigenvalue weighted by Gasteiger charge is 2.33. The maximum Gasteiger partial charge on any atom is 0.407 e. The fourth-order valence-corrected chi connectivity index (χ4v) is 3.72. The topological polar surface area (TPSA) is 119 Å². The number of carbonyl (C=O) groups excluding carboxylic acids is 1. The van der Waals surface area contributed by atoms with Crippen LogP contribution in [-0.4, -0.2) is 38.8 Å². The number of aromatic nitrogens is 3. The van der Waals surface area contributed by atoms with Crippen LogP contribution in [0.1, 0.15) is 63.5 Å². The number of nitrogens with one attached hydrogen (secondary N) is 1. The van der Waals surface area contributed by atoms with E-state index in [4.69, 9.17) is 19.5 Å². The molecule has 0 radical (unpaired) electrons. The van der Waals surface area contributed by atoms with Gasteiger partial charge in [0.25, 0.3) is 0 Å². The summed E-state index contributed by atoms with van der Waals surface area (Å²) in [5.41, 5.74) is 1.51. The van der Waals surface area contributed by atoms with E-state index in [2.05, 4.69) is 27.2 Å². The number of ether oxygens (including phenoxy) is 3. The number of nitrogens with zero attached hydrogens (tertiary/aromatic N) is 4. The van der Waals surface area contributed by atoms with E-state index < -0.39 is 11.7 Å². The van der Waals surface area contributed by atoms with Crippen molar-refractivity contribution in [2.45, 2.75) is 64.2 Å². The van der Waals surface area contributed by atoms with Gasteiger partial charge in [0.2, 0.25) is 5.82 Å². The van der Waals surface area contributed by atoms with Crippen LogP contribution in [0.15, 0.2) is 55.0 Å². The lowest BCUT2D eigenvalue weighted by Gasteiger charge is -2.36. The van der Waals surface area contributed by atoms with Crippen LogP contribution < -0.4 is 14.8 Å². The first-order chi connectivity index (χ1) is 17.2. The number of alkyl carbamates (subject to hydrolysis) is 1. The van der Waals surface area contributed by atoms with Gasteiger partial charge in [-0.2, -0.15) is 5.26 Å². The van der Waals surface area contributed by atoms with Crippen molar-refractivity contribution in [1.29, 1.82) is 5.26 Å². The molecule has 1 fully saturated rings. The maximum absolute atomic E-state index is 11.9. The smallest absolute Gasteiger partial charge is 0.407 e. The number of hydrogen-bond donors (Lipinski definition) is 1. The number of nitriles is 1. The summed E-state index contributed by atoms with van der Waals surface area (Å²) in [5, 5.41) is 11.7. The molecule has 9 heteroatoms. The fraction of sp³-hybridized carbons (Fsp3) is 0.370. The van der Waals surface area contributed by atoms with Crippen molar-refractivity contribution in [3.05, 3.63) is 72.1 Å². The summed E-state index contributed by atoms with van der Waals surface area (Å²) in [6.45, 7) is 7.62. The van der Waals surface area contributed by atoms with Gasteiger partial charge in [0.1, 0.15) is 29.3 Å². The highest BCUT2D eigenvalue weighted by molar-refractivity contribution is 5.68. The van der Waals surface area contributed by atoms with E-state index in [1.165, 1.54) is 12.4 Å². The molecular formula is C27H29N5O4. The highest BCUT2D eigenvalue weighted by Crippen LogP contribution is 2.29. The SMILES string of the molecule is C[C@H](c1ccc(Oc2cnc(C#N)nc2)cc1)c1ccc(OC2CC(NC(=O)OC(C)(C)C)C2)cn1. The zero-order chi connectivity index (χ0) is 25.7. The van der Waals surface area contributed by atoms with Crippen molar-refractivity contribution in [2.75, 3.05) is 0 Å².